The molecule has 114 valence electrons. The Hall–Kier alpha value is -2.11. The van der Waals surface area contributed by atoms with Gasteiger partial charge in [-0.05, 0) is 30.9 Å². The van der Waals surface area contributed by atoms with E-state index in [1.807, 2.05) is 0 Å². The van der Waals surface area contributed by atoms with E-state index in [9.17, 15) is 14.9 Å². The van der Waals surface area contributed by atoms with Crippen LogP contribution in [0, 0.1) is 16.0 Å². The Kier molecular flexibility index (Phi) is 5.14. The first kappa shape index (κ1) is 15.3. The summed E-state index contributed by atoms with van der Waals surface area (Å²) < 4.78 is 0. The molecular weight excluding hydrogens is 270 g/mol. The van der Waals surface area contributed by atoms with Crippen LogP contribution in [-0.4, -0.2) is 17.4 Å². The molecule has 1 aromatic carbocycles. The van der Waals surface area contributed by atoms with Crippen molar-refractivity contribution in [1.82, 2.24) is 5.32 Å². The van der Waals surface area contributed by atoms with E-state index < -0.39 is 4.92 Å². The van der Waals surface area contributed by atoms with Crippen LogP contribution in [0.1, 0.15) is 48.9 Å². The monoisotopic (exact) mass is 291 g/mol. The molecule has 1 aliphatic carbocycles. The van der Waals surface area contributed by atoms with Gasteiger partial charge in [-0.1, -0.05) is 25.7 Å². The number of hydrogen-bond acceptors (Lipinski definition) is 4. The lowest BCUT2D eigenvalue weighted by Gasteiger charge is -2.09. The Morgan fingerprint density at radius 2 is 2.10 bits per heavy atom. The number of nitrogens with one attached hydrogen (secondary N) is 1. The van der Waals surface area contributed by atoms with Crippen LogP contribution in [0.5, 0.6) is 0 Å². The average molecular weight is 291 g/mol. The number of nitrogen functional groups attached to an aromatic ring is 1. The molecule has 3 N–H and O–H groups in total. The number of carbonyl (C=O) groups excluding carboxylic acids is 1. The molecule has 6 heteroatoms. The van der Waals surface area contributed by atoms with Gasteiger partial charge >= 0.3 is 0 Å². The number of hydrogen-bond donors (Lipinski definition) is 2. The van der Waals surface area contributed by atoms with Gasteiger partial charge in [-0.3, -0.25) is 14.9 Å². The molecule has 0 aliphatic heterocycles. The van der Waals surface area contributed by atoms with E-state index in [0.29, 0.717) is 12.1 Å². The molecular formula is C15H21N3O3. The number of carbonyl (C=O) groups is 1. The maximum atomic E-state index is 11.9. The van der Waals surface area contributed by atoms with Crippen molar-refractivity contribution in [3.8, 4) is 0 Å². The van der Waals surface area contributed by atoms with Gasteiger partial charge < -0.3 is 11.1 Å². The summed E-state index contributed by atoms with van der Waals surface area (Å²) in [7, 11) is 0. The molecule has 2 rings (SSSR count). The quantitative estimate of drug-likeness (QED) is 0.364. The third kappa shape index (κ3) is 4.18. The molecule has 0 radical (unpaired) electrons. The number of nitro benzene ring substituents is 1. The fourth-order valence-corrected chi connectivity index (χ4v) is 2.86. The minimum atomic E-state index is -0.557. The second-order valence-corrected chi connectivity index (χ2v) is 5.58. The lowest BCUT2D eigenvalue weighted by atomic mass is 10.0. The number of rotatable bonds is 6. The van der Waals surface area contributed by atoms with Gasteiger partial charge in [0.25, 0.3) is 11.6 Å². The largest absolute Gasteiger partial charge is 0.393 e. The molecule has 1 aromatic rings. The number of nitrogens with two attached hydrogens (primary N) is 1. The summed E-state index contributed by atoms with van der Waals surface area (Å²) in [6.07, 6.45) is 7.42. The lowest BCUT2D eigenvalue weighted by molar-refractivity contribution is -0.383. The Morgan fingerprint density at radius 1 is 1.38 bits per heavy atom. The molecule has 0 saturated heterocycles. The summed E-state index contributed by atoms with van der Waals surface area (Å²) in [5.74, 6) is 0.583. The van der Waals surface area contributed by atoms with Crippen LogP contribution in [0.4, 0.5) is 11.4 Å². The first-order valence-electron chi connectivity index (χ1n) is 7.40. The number of amides is 1. The van der Waals surface area contributed by atoms with E-state index in [-0.39, 0.29) is 17.3 Å². The zero-order valence-corrected chi connectivity index (χ0v) is 12.0. The molecule has 1 amide bonds. The number of nitro groups is 1. The van der Waals surface area contributed by atoms with Crippen LogP contribution >= 0.6 is 0 Å². The zero-order chi connectivity index (χ0) is 15.2. The Bertz CT molecular complexity index is 525. The molecule has 0 aromatic heterocycles. The molecule has 0 heterocycles. The highest BCUT2D eigenvalue weighted by atomic mass is 16.6. The average Bonchev–Trinajstić information content (AvgIpc) is 2.96. The maximum absolute atomic E-state index is 11.9. The summed E-state index contributed by atoms with van der Waals surface area (Å²) in [6.45, 7) is 0.631. The Morgan fingerprint density at radius 3 is 2.71 bits per heavy atom. The van der Waals surface area contributed by atoms with E-state index >= 15 is 0 Å². The van der Waals surface area contributed by atoms with Gasteiger partial charge in [-0.25, -0.2) is 0 Å². The van der Waals surface area contributed by atoms with Crippen LogP contribution in [0.25, 0.3) is 0 Å². The lowest BCUT2D eigenvalue weighted by Crippen LogP contribution is -2.24. The smallest absolute Gasteiger partial charge is 0.292 e. The van der Waals surface area contributed by atoms with Crippen LogP contribution in [0.2, 0.25) is 0 Å². The van der Waals surface area contributed by atoms with Crippen molar-refractivity contribution in [2.24, 2.45) is 5.92 Å². The number of nitrogens with zero attached hydrogens (tertiary/aromatic N) is 1. The van der Waals surface area contributed by atoms with Crippen LogP contribution < -0.4 is 11.1 Å². The summed E-state index contributed by atoms with van der Waals surface area (Å²) in [5.41, 5.74) is 5.78. The molecule has 21 heavy (non-hydrogen) atoms. The van der Waals surface area contributed by atoms with Gasteiger partial charge in [0.05, 0.1) is 4.92 Å². The molecule has 0 bridgehead atoms. The third-order valence-electron chi connectivity index (χ3n) is 4.04. The highest BCUT2D eigenvalue weighted by molar-refractivity contribution is 5.95. The number of anilines is 1. The predicted octanol–water partition coefficient (Wildman–Crippen LogP) is 2.88. The van der Waals surface area contributed by atoms with Crippen molar-refractivity contribution in [2.75, 3.05) is 12.3 Å². The molecule has 0 atom stereocenters. The predicted molar refractivity (Wildman–Crippen MR) is 81.0 cm³/mol. The standard InChI is InChI=1S/C15H21N3O3/c16-13-10-12(7-8-14(13)18(20)21)15(19)17-9-3-6-11-4-1-2-5-11/h7-8,10-11H,1-6,9,16H2,(H,17,19). The minimum Gasteiger partial charge on any atom is -0.393 e. The Balaban J connectivity index is 1.80. The van der Waals surface area contributed by atoms with E-state index in [2.05, 4.69) is 5.32 Å². The zero-order valence-electron chi connectivity index (χ0n) is 12.0. The molecule has 1 saturated carbocycles. The highest BCUT2D eigenvalue weighted by Gasteiger charge is 2.16. The highest BCUT2D eigenvalue weighted by Crippen LogP contribution is 2.28. The van der Waals surface area contributed by atoms with Crippen molar-refractivity contribution in [1.29, 1.82) is 0 Å². The summed E-state index contributed by atoms with van der Waals surface area (Å²) in [4.78, 5) is 22.0. The fourth-order valence-electron chi connectivity index (χ4n) is 2.86. The summed E-state index contributed by atoms with van der Waals surface area (Å²) >= 11 is 0. The normalized spacial score (nSPS) is 15.0. The molecule has 0 spiro atoms. The first-order chi connectivity index (χ1) is 10.1. The van der Waals surface area contributed by atoms with Gasteiger partial charge in [0, 0.05) is 18.2 Å². The van der Waals surface area contributed by atoms with Crippen LogP contribution in [0.3, 0.4) is 0 Å². The van der Waals surface area contributed by atoms with Crippen molar-refractivity contribution in [3.63, 3.8) is 0 Å². The topological polar surface area (TPSA) is 98.3 Å². The maximum Gasteiger partial charge on any atom is 0.292 e. The number of benzene rings is 1. The van der Waals surface area contributed by atoms with Gasteiger partial charge in [0.1, 0.15) is 5.69 Å². The van der Waals surface area contributed by atoms with Crippen LogP contribution in [-0.2, 0) is 0 Å². The second kappa shape index (κ2) is 7.06. The molecule has 0 unspecified atom stereocenters. The van der Waals surface area contributed by atoms with Crippen molar-refractivity contribution >= 4 is 17.3 Å². The fraction of sp³-hybridized carbons (Fsp3) is 0.533. The van der Waals surface area contributed by atoms with Gasteiger partial charge in [-0.15, -0.1) is 0 Å². The van der Waals surface area contributed by atoms with Gasteiger partial charge in [-0.2, -0.15) is 0 Å². The van der Waals surface area contributed by atoms with Crippen molar-refractivity contribution < 1.29 is 9.72 Å². The summed E-state index contributed by atoms with van der Waals surface area (Å²) in [6, 6.07) is 4.05. The van der Waals surface area contributed by atoms with Crippen molar-refractivity contribution in [3.05, 3.63) is 33.9 Å². The van der Waals surface area contributed by atoms with Gasteiger partial charge in [0.2, 0.25) is 0 Å². The van der Waals surface area contributed by atoms with E-state index in [1.54, 1.807) is 0 Å². The SMILES string of the molecule is Nc1cc(C(=O)NCCCC2CCCC2)ccc1[N+](=O)[O-]. The van der Waals surface area contributed by atoms with E-state index in [0.717, 1.165) is 18.8 Å². The van der Waals surface area contributed by atoms with E-state index in [1.165, 1.54) is 43.9 Å². The van der Waals surface area contributed by atoms with Crippen LogP contribution in [0.15, 0.2) is 18.2 Å². The molecule has 6 nitrogen and oxygen atoms in total. The third-order valence-corrected chi connectivity index (χ3v) is 4.04. The molecule has 1 fully saturated rings. The summed E-state index contributed by atoms with van der Waals surface area (Å²) in [5, 5.41) is 13.5. The van der Waals surface area contributed by atoms with E-state index in [4.69, 9.17) is 5.73 Å². The minimum absolute atomic E-state index is 0.0126. The Labute approximate surface area is 123 Å². The molecule has 1 aliphatic rings. The van der Waals surface area contributed by atoms with Gasteiger partial charge in [0.15, 0.2) is 0 Å². The van der Waals surface area contributed by atoms with Crippen molar-refractivity contribution in [2.45, 2.75) is 38.5 Å². The first-order valence-corrected chi connectivity index (χ1v) is 7.40. The second-order valence-electron chi connectivity index (χ2n) is 5.58.